The van der Waals surface area contributed by atoms with Gasteiger partial charge in [-0.2, -0.15) is 0 Å². The normalized spacial score (nSPS) is 10.7. The van der Waals surface area contributed by atoms with Crippen molar-refractivity contribution in [3.8, 4) is 0 Å². The van der Waals surface area contributed by atoms with Crippen LogP contribution in [-0.2, 0) is 6.54 Å². The fourth-order valence-corrected chi connectivity index (χ4v) is 1.91. The Hall–Kier alpha value is -2.69. The Morgan fingerprint density at radius 3 is 2.84 bits per heavy atom. The third-order valence-corrected chi connectivity index (χ3v) is 2.91. The highest BCUT2D eigenvalue weighted by molar-refractivity contribution is 5.74. The molecule has 2 heterocycles. The number of allylic oxidation sites excluding steroid dienone is 1. The highest BCUT2D eigenvalue weighted by atomic mass is 15.4. The van der Waals surface area contributed by atoms with E-state index in [9.17, 15) is 0 Å². The molecule has 0 saturated heterocycles. The lowest BCUT2D eigenvalue weighted by molar-refractivity contribution is 0.690. The maximum Gasteiger partial charge on any atom is 0.113 e. The van der Waals surface area contributed by atoms with E-state index in [1.165, 1.54) is 0 Å². The standard InChI is InChI=1S/C14H13N5/c1-10(12-7-6-11(15)8-16-12)9-19-14-5-3-2-4-13(14)17-18-19/h2-8H,1,9,15H2. The van der Waals surface area contributed by atoms with Crippen LogP contribution >= 0.6 is 0 Å². The molecule has 0 radical (unpaired) electrons. The monoisotopic (exact) mass is 251 g/mol. The lowest BCUT2D eigenvalue weighted by Gasteiger charge is -2.06. The fourth-order valence-electron chi connectivity index (χ4n) is 1.91. The number of pyridine rings is 1. The van der Waals surface area contributed by atoms with Gasteiger partial charge in [-0.3, -0.25) is 4.98 Å². The van der Waals surface area contributed by atoms with Gasteiger partial charge in [-0.25, -0.2) is 4.68 Å². The van der Waals surface area contributed by atoms with Gasteiger partial charge < -0.3 is 5.73 Å². The van der Waals surface area contributed by atoms with E-state index < -0.39 is 0 Å². The molecule has 0 aliphatic heterocycles. The first-order chi connectivity index (χ1) is 9.24. The average molecular weight is 251 g/mol. The van der Waals surface area contributed by atoms with Crippen LogP contribution in [-0.4, -0.2) is 20.0 Å². The van der Waals surface area contributed by atoms with Crippen molar-refractivity contribution >= 4 is 22.3 Å². The van der Waals surface area contributed by atoms with Crippen LogP contribution in [0.5, 0.6) is 0 Å². The lowest BCUT2D eigenvalue weighted by atomic mass is 10.2. The molecule has 2 N–H and O–H groups in total. The van der Waals surface area contributed by atoms with Crippen molar-refractivity contribution in [1.29, 1.82) is 0 Å². The number of benzene rings is 1. The number of nitrogen functional groups attached to an aromatic ring is 1. The third-order valence-electron chi connectivity index (χ3n) is 2.91. The lowest BCUT2D eigenvalue weighted by Crippen LogP contribution is -2.03. The molecular weight excluding hydrogens is 238 g/mol. The molecule has 0 spiro atoms. The summed E-state index contributed by atoms with van der Waals surface area (Å²) in [5.41, 5.74) is 9.80. The van der Waals surface area contributed by atoms with Crippen LogP contribution in [0.15, 0.2) is 49.2 Å². The zero-order valence-electron chi connectivity index (χ0n) is 10.3. The van der Waals surface area contributed by atoms with Gasteiger partial charge in [0, 0.05) is 0 Å². The minimum absolute atomic E-state index is 0.553. The molecule has 0 fully saturated rings. The second-order valence-electron chi connectivity index (χ2n) is 4.32. The molecule has 3 aromatic rings. The Bertz CT molecular complexity index is 727. The van der Waals surface area contributed by atoms with Gasteiger partial charge in [0.15, 0.2) is 0 Å². The Kier molecular flexibility index (Phi) is 2.72. The van der Waals surface area contributed by atoms with E-state index in [-0.39, 0.29) is 0 Å². The van der Waals surface area contributed by atoms with Crippen LogP contribution in [0.3, 0.4) is 0 Å². The third kappa shape index (κ3) is 2.18. The number of hydrogen-bond acceptors (Lipinski definition) is 4. The number of nitrogens with two attached hydrogens (primary N) is 1. The zero-order chi connectivity index (χ0) is 13.2. The molecular formula is C14H13N5. The molecule has 3 rings (SSSR count). The molecule has 19 heavy (non-hydrogen) atoms. The Morgan fingerprint density at radius 1 is 1.21 bits per heavy atom. The van der Waals surface area contributed by atoms with Crippen molar-refractivity contribution in [2.45, 2.75) is 6.54 Å². The number of fused-ring (bicyclic) bond motifs is 1. The zero-order valence-corrected chi connectivity index (χ0v) is 10.3. The van der Waals surface area contributed by atoms with Gasteiger partial charge in [0.25, 0.3) is 0 Å². The van der Waals surface area contributed by atoms with E-state index in [0.717, 1.165) is 22.3 Å². The van der Waals surface area contributed by atoms with Gasteiger partial charge in [0.2, 0.25) is 0 Å². The van der Waals surface area contributed by atoms with Crippen LogP contribution in [0.25, 0.3) is 16.6 Å². The number of nitrogens with zero attached hydrogens (tertiary/aromatic N) is 4. The average Bonchev–Trinajstić information content (AvgIpc) is 2.83. The van der Waals surface area contributed by atoms with Crippen molar-refractivity contribution in [2.75, 3.05) is 5.73 Å². The van der Waals surface area contributed by atoms with Crippen LogP contribution in [0, 0.1) is 0 Å². The number of anilines is 1. The number of aromatic nitrogens is 4. The van der Waals surface area contributed by atoms with Gasteiger partial charge >= 0.3 is 0 Å². The molecule has 94 valence electrons. The van der Waals surface area contributed by atoms with Crippen LogP contribution < -0.4 is 5.73 Å². The predicted molar refractivity (Wildman–Crippen MR) is 75.2 cm³/mol. The first-order valence-electron chi connectivity index (χ1n) is 5.92. The molecule has 0 bridgehead atoms. The van der Waals surface area contributed by atoms with Gasteiger partial charge in [-0.05, 0) is 29.8 Å². The molecule has 0 saturated carbocycles. The molecule has 1 aromatic carbocycles. The van der Waals surface area contributed by atoms with Crippen molar-refractivity contribution in [1.82, 2.24) is 20.0 Å². The fraction of sp³-hybridized carbons (Fsp3) is 0.0714. The van der Waals surface area contributed by atoms with Gasteiger partial charge in [0.1, 0.15) is 5.52 Å². The van der Waals surface area contributed by atoms with Crippen molar-refractivity contribution < 1.29 is 0 Å². The first kappa shape index (κ1) is 11.4. The van der Waals surface area contributed by atoms with Crippen molar-refractivity contribution in [3.05, 3.63) is 54.9 Å². The van der Waals surface area contributed by atoms with Gasteiger partial charge in [0.05, 0.1) is 29.6 Å². The summed E-state index contributed by atoms with van der Waals surface area (Å²) in [6.45, 7) is 4.60. The van der Waals surface area contributed by atoms with Gasteiger partial charge in [-0.1, -0.05) is 23.9 Å². The minimum atomic E-state index is 0.553. The van der Waals surface area contributed by atoms with E-state index in [1.54, 1.807) is 6.20 Å². The smallest absolute Gasteiger partial charge is 0.113 e. The van der Waals surface area contributed by atoms with Crippen molar-refractivity contribution in [3.63, 3.8) is 0 Å². The Labute approximate surface area is 110 Å². The van der Waals surface area contributed by atoms with E-state index in [1.807, 2.05) is 41.1 Å². The summed E-state index contributed by atoms with van der Waals surface area (Å²) < 4.78 is 1.82. The molecule has 0 atom stereocenters. The largest absolute Gasteiger partial charge is 0.397 e. The summed E-state index contributed by atoms with van der Waals surface area (Å²) in [5.74, 6) is 0. The van der Waals surface area contributed by atoms with Crippen LogP contribution in [0.4, 0.5) is 5.69 Å². The summed E-state index contributed by atoms with van der Waals surface area (Å²) in [5, 5.41) is 8.24. The summed E-state index contributed by atoms with van der Waals surface area (Å²) in [6, 6.07) is 11.5. The molecule has 5 nitrogen and oxygen atoms in total. The quantitative estimate of drug-likeness (QED) is 0.774. The van der Waals surface area contributed by atoms with Gasteiger partial charge in [-0.15, -0.1) is 5.10 Å². The number of hydrogen-bond donors (Lipinski definition) is 1. The molecule has 0 aliphatic rings. The first-order valence-corrected chi connectivity index (χ1v) is 5.92. The molecule has 5 heteroatoms. The summed E-state index contributed by atoms with van der Waals surface area (Å²) in [4.78, 5) is 4.25. The summed E-state index contributed by atoms with van der Waals surface area (Å²) in [7, 11) is 0. The summed E-state index contributed by atoms with van der Waals surface area (Å²) >= 11 is 0. The topological polar surface area (TPSA) is 69.6 Å². The van der Waals surface area contributed by atoms with Crippen LogP contribution in [0.2, 0.25) is 0 Å². The highest BCUT2D eigenvalue weighted by Crippen LogP contribution is 2.16. The minimum Gasteiger partial charge on any atom is -0.397 e. The molecule has 0 unspecified atom stereocenters. The van der Waals surface area contributed by atoms with E-state index in [2.05, 4.69) is 21.9 Å². The SMILES string of the molecule is C=C(Cn1nnc2ccccc21)c1ccc(N)cn1. The maximum atomic E-state index is 5.62. The number of rotatable bonds is 3. The number of para-hydroxylation sites is 1. The second kappa shape index (κ2) is 4.53. The van der Waals surface area contributed by atoms with E-state index in [0.29, 0.717) is 12.2 Å². The van der Waals surface area contributed by atoms with Crippen molar-refractivity contribution in [2.24, 2.45) is 0 Å². The molecule has 0 amide bonds. The highest BCUT2D eigenvalue weighted by Gasteiger charge is 2.06. The molecule has 0 aliphatic carbocycles. The Balaban J connectivity index is 1.89. The summed E-state index contributed by atoms with van der Waals surface area (Å²) in [6.07, 6.45) is 1.62. The van der Waals surface area contributed by atoms with E-state index in [4.69, 9.17) is 5.73 Å². The van der Waals surface area contributed by atoms with Crippen LogP contribution in [0.1, 0.15) is 5.69 Å². The second-order valence-corrected chi connectivity index (χ2v) is 4.32. The molecule has 2 aromatic heterocycles. The van der Waals surface area contributed by atoms with E-state index >= 15 is 0 Å². The Morgan fingerprint density at radius 2 is 2.05 bits per heavy atom. The predicted octanol–water partition coefficient (Wildman–Crippen LogP) is 2.12. The maximum absolute atomic E-state index is 5.62.